The molecule has 0 aromatic carbocycles. The molecule has 0 saturated carbocycles. The molecule has 0 aliphatic heterocycles. The molecule has 0 atom stereocenters. The molecule has 0 radical (unpaired) electrons. The maximum Gasteiger partial charge on any atom is 0.307 e. The van der Waals surface area contributed by atoms with Crippen LogP contribution in [0.3, 0.4) is 0 Å². The number of anilines is 1. The van der Waals surface area contributed by atoms with E-state index in [1.54, 1.807) is 4.90 Å². The van der Waals surface area contributed by atoms with E-state index in [4.69, 9.17) is 5.11 Å². The van der Waals surface area contributed by atoms with Crippen LogP contribution in [0, 0.1) is 0 Å². The van der Waals surface area contributed by atoms with Gasteiger partial charge in [-0.1, -0.05) is 0 Å². The van der Waals surface area contributed by atoms with E-state index in [0.717, 1.165) is 0 Å². The number of carbonyl (C=O) groups is 1. The van der Waals surface area contributed by atoms with Gasteiger partial charge in [0.15, 0.2) is 0 Å². The van der Waals surface area contributed by atoms with E-state index in [1.165, 1.54) is 6.20 Å². The molecule has 1 heterocycles. The average molecular weight is 260 g/mol. The zero-order chi connectivity index (χ0) is 10.7. The summed E-state index contributed by atoms with van der Waals surface area (Å²) >= 11 is 3.20. The van der Waals surface area contributed by atoms with E-state index >= 15 is 0 Å². The number of aromatic nitrogens is 2. The largest absolute Gasteiger partial charge is 0.481 e. The van der Waals surface area contributed by atoms with Crippen molar-refractivity contribution in [2.75, 3.05) is 19.0 Å². The fourth-order valence-corrected chi connectivity index (χ4v) is 1.28. The van der Waals surface area contributed by atoms with E-state index < -0.39 is 5.97 Å². The Kier molecular flexibility index (Phi) is 3.40. The van der Waals surface area contributed by atoms with E-state index in [2.05, 4.69) is 25.9 Å². The van der Waals surface area contributed by atoms with Crippen molar-refractivity contribution in [1.29, 1.82) is 0 Å². The van der Waals surface area contributed by atoms with Crippen LogP contribution in [0.4, 0.5) is 5.95 Å². The highest BCUT2D eigenvalue weighted by molar-refractivity contribution is 9.10. The summed E-state index contributed by atoms with van der Waals surface area (Å²) in [7, 11) is 3.64. The molecule has 6 heteroatoms. The van der Waals surface area contributed by atoms with Gasteiger partial charge in [-0.15, -0.1) is 0 Å². The van der Waals surface area contributed by atoms with Crippen molar-refractivity contribution in [2.45, 2.75) is 6.42 Å². The topological polar surface area (TPSA) is 66.3 Å². The molecule has 1 aromatic heterocycles. The first-order valence-electron chi connectivity index (χ1n) is 3.91. The van der Waals surface area contributed by atoms with Crippen LogP contribution in [0.2, 0.25) is 0 Å². The molecule has 0 amide bonds. The van der Waals surface area contributed by atoms with Crippen molar-refractivity contribution in [3.8, 4) is 0 Å². The molecule has 5 nitrogen and oxygen atoms in total. The number of nitrogens with zero attached hydrogens (tertiary/aromatic N) is 3. The van der Waals surface area contributed by atoms with Crippen LogP contribution in [0.15, 0.2) is 10.8 Å². The Morgan fingerprint density at radius 3 is 2.71 bits per heavy atom. The molecule has 1 rings (SSSR count). The second-order valence-corrected chi connectivity index (χ2v) is 3.70. The molecule has 0 bridgehead atoms. The van der Waals surface area contributed by atoms with Crippen molar-refractivity contribution >= 4 is 27.8 Å². The van der Waals surface area contributed by atoms with Gasteiger partial charge in [-0.2, -0.15) is 0 Å². The summed E-state index contributed by atoms with van der Waals surface area (Å²) in [6.07, 6.45) is 1.44. The van der Waals surface area contributed by atoms with Crippen LogP contribution in [-0.2, 0) is 11.2 Å². The molecule has 0 saturated heterocycles. The summed E-state index contributed by atoms with van der Waals surface area (Å²) in [6.45, 7) is 0. The standard InChI is InChI=1S/C8H10BrN3O2/c1-12(2)8-10-4-5(3-6(13)14)7(9)11-8/h4H,3H2,1-2H3,(H,13,14). The van der Waals surface area contributed by atoms with Crippen LogP contribution in [0.25, 0.3) is 0 Å². The lowest BCUT2D eigenvalue weighted by Crippen LogP contribution is -2.13. The minimum atomic E-state index is -0.896. The van der Waals surface area contributed by atoms with E-state index in [0.29, 0.717) is 16.1 Å². The molecule has 0 aliphatic carbocycles. The first kappa shape index (κ1) is 10.9. The van der Waals surface area contributed by atoms with Gasteiger partial charge in [-0.3, -0.25) is 4.79 Å². The molecule has 14 heavy (non-hydrogen) atoms. The number of carboxylic acid groups (broad SMARTS) is 1. The van der Waals surface area contributed by atoms with Crippen molar-refractivity contribution < 1.29 is 9.90 Å². The van der Waals surface area contributed by atoms with E-state index in [-0.39, 0.29) is 6.42 Å². The number of carboxylic acids is 1. The summed E-state index contributed by atoms with van der Waals surface area (Å²) in [4.78, 5) is 20.3. The Labute approximate surface area is 89.9 Å². The monoisotopic (exact) mass is 259 g/mol. The fraction of sp³-hybridized carbons (Fsp3) is 0.375. The van der Waals surface area contributed by atoms with Crippen LogP contribution < -0.4 is 4.90 Å². The van der Waals surface area contributed by atoms with Gasteiger partial charge < -0.3 is 10.0 Å². The van der Waals surface area contributed by atoms with Crippen molar-refractivity contribution in [3.05, 3.63) is 16.4 Å². The minimum Gasteiger partial charge on any atom is -0.481 e. The summed E-state index contributed by atoms with van der Waals surface area (Å²) in [6, 6.07) is 0. The van der Waals surface area contributed by atoms with Crippen LogP contribution in [0.1, 0.15) is 5.56 Å². The third kappa shape index (κ3) is 2.66. The van der Waals surface area contributed by atoms with Crippen molar-refractivity contribution in [2.24, 2.45) is 0 Å². The SMILES string of the molecule is CN(C)c1ncc(CC(=O)O)c(Br)n1. The predicted molar refractivity (Wildman–Crippen MR) is 55.4 cm³/mol. The summed E-state index contributed by atoms with van der Waals surface area (Å²) in [5.41, 5.74) is 0.572. The molecular weight excluding hydrogens is 250 g/mol. The lowest BCUT2D eigenvalue weighted by molar-refractivity contribution is -0.136. The zero-order valence-electron chi connectivity index (χ0n) is 7.86. The normalized spacial score (nSPS) is 9.93. The first-order chi connectivity index (χ1) is 6.50. The lowest BCUT2D eigenvalue weighted by atomic mass is 10.2. The van der Waals surface area contributed by atoms with Gasteiger partial charge in [0.05, 0.1) is 6.42 Å². The summed E-state index contributed by atoms with van der Waals surface area (Å²) in [5, 5.41) is 8.58. The number of halogens is 1. The highest BCUT2D eigenvalue weighted by Crippen LogP contribution is 2.16. The third-order valence-electron chi connectivity index (χ3n) is 1.54. The zero-order valence-corrected chi connectivity index (χ0v) is 9.45. The molecule has 0 fully saturated rings. The maximum absolute atomic E-state index is 10.5. The third-order valence-corrected chi connectivity index (χ3v) is 2.23. The molecule has 0 aliphatic rings. The van der Waals surface area contributed by atoms with Crippen molar-refractivity contribution in [1.82, 2.24) is 9.97 Å². The highest BCUT2D eigenvalue weighted by Gasteiger charge is 2.08. The van der Waals surface area contributed by atoms with Gasteiger partial charge in [0.1, 0.15) is 4.60 Å². The average Bonchev–Trinajstić information content (AvgIpc) is 2.07. The predicted octanol–water partition coefficient (Wildman–Crippen LogP) is 0.932. The Bertz CT molecular complexity index is 354. The quantitative estimate of drug-likeness (QED) is 0.819. The Morgan fingerprint density at radius 1 is 1.64 bits per heavy atom. The lowest BCUT2D eigenvalue weighted by Gasteiger charge is -2.10. The molecule has 76 valence electrons. The van der Waals surface area contributed by atoms with Gasteiger partial charge in [0.2, 0.25) is 5.95 Å². The maximum atomic E-state index is 10.5. The van der Waals surface area contributed by atoms with Crippen molar-refractivity contribution in [3.63, 3.8) is 0 Å². The van der Waals surface area contributed by atoms with Crippen LogP contribution in [-0.4, -0.2) is 35.1 Å². The van der Waals surface area contributed by atoms with Gasteiger partial charge in [-0.25, -0.2) is 9.97 Å². The van der Waals surface area contributed by atoms with E-state index in [1.807, 2.05) is 14.1 Å². The Hall–Kier alpha value is -1.17. The minimum absolute atomic E-state index is 0.0751. The van der Waals surface area contributed by atoms with Crippen LogP contribution >= 0.6 is 15.9 Å². The number of hydrogen-bond acceptors (Lipinski definition) is 4. The molecule has 0 unspecified atom stereocenters. The molecule has 1 N–H and O–H groups in total. The molecule has 1 aromatic rings. The van der Waals surface area contributed by atoms with Gasteiger partial charge in [0.25, 0.3) is 0 Å². The Morgan fingerprint density at radius 2 is 2.29 bits per heavy atom. The van der Waals surface area contributed by atoms with Gasteiger partial charge in [-0.05, 0) is 15.9 Å². The molecular formula is C8H10BrN3O2. The fourth-order valence-electron chi connectivity index (χ4n) is 0.874. The number of aliphatic carboxylic acids is 1. The summed E-state index contributed by atoms with van der Waals surface area (Å²) in [5.74, 6) is -0.349. The number of rotatable bonds is 3. The highest BCUT2D eigenvalue weighted by atomic mass is 79.9. The first-order valence-corrected chi connectivity index (χ1v) is 4.70. The van der Waals surface area contributed by atoms with Gasteiger partial charge in [0, 0.05) is 25.9 Å². The van der Waals surface area contributed by atoms with Gasteiger partial charge >= 0.3 is 5.97 Å². The summed E-state index contributed by atoms with van der Waals surface area (Å²) < 4.78 is 0.526. The molecule has 0 spiro atoms. The number of hydrogen-bond donors (Lipinski definition) is 1. The van der Waals surface area contributed by atoms with E-state index in [9.17, 15) is 4.79 Å². The second kappa shape index (κ2) is 4.36. The second-order valence-electron chi connectivity index (χ2n) is 2.95. The smallest absolute Gasteiger partial charge is 0.307 e. The Balaban J connectivity index is 2.95. The van der Waals surface area contributed by atoms with Crippen LogP contribution in [0.5, 0.6) is 0 Å².